The summed E-state index contributed by atoms with van der Waals surface area (Å²) in [5.41, 5.74) is 3.82. The van der Waals surface area contributed by atoms with E-state index in [2.05, 4.69) is 69.7 Å². The van der Waals surface area contributed by atoms with E-state index in [0.29, 0.717) is 0 Å². The summed E-state index contributed by atoms with van der Waals surface area (Å²) >= 11 is 0. The molecule has 2 fully saturated rings. The molecule has 3 aromatic rings. The van der Waals surface area contributed by atoms with Crippen molar-refractivity contribution < 1.29 is 0 Å². The SMILES string of the molecule is CN(C)c1cc(Nc2ccc(C3CCCCC3)cc2)nc(N2CCN(c3ccccc3)CC2)n1. The molecule has 6 nitrogen and oxygen atoms in total. The Kier molecular flexibility index (Phi) is 6.84. The van der Waals surface area contributed by atoms with Crippen molar-refractivity contribution >= 4 is 29.0 Å². The number of benzene rings is 2. The number of hydrogen-bond acceptors (Lipinski definition) is 6. The van der Waals surface area contributed by atoms with Crippen LogP contribution in [0.15, 0.2) is 60.7 Å². The van der Waals surface area contributed by atoms with Crippen molar-refractivity contribution in [1.29, 1.82) is 0 Å². The van der Waals surface area contributed by atoms with Crippen molar-refractivity contribution in [1.82, 2.24) is 9.97 Å². The molecule has 1 saturated heterocycles. The van der Waals surface area contributed by atoms with E-state index >= 15 is 0 Å². The van der Waals surface area contributed by atoms with Gasteiger partial charge in [0.05, 0.1) is 0 Å². The Morgan fingerprint density at radius 2 is 1.47 bits per heavy atom. The zero-order valence-electron chi connectivity index (χ0n) is 20.5. The predicted molar refractivity (Wildman–Crippen MR) is 143 cm³/mol. The molecule has 2 aliphatic rings. The number of piperazine rings is 1. The summed E-state index contributed by atoms with van der Waals surface area (Å²) in [7, 11) is 4.06. The fourth-order valence-corrected chi connectivity index (χ4v) is 5.08. The number of rotatable bonds is 6. The van der Waals surface area contributed by atoms with E-state index in [-0.39, 0.29) is 0 Å². The van der Waals surface area contributed by atoms with Crippen LogP contribution >= 0.6 is 0 Å². The van der Waals surface area contributed by atoms with Crippen LogP contribution < -0.4 is 20.0 Å². The van der Waals surface area contributed by atoms with Gasteiger partial charge in [0.1, 0.15) is 11.6 Å². The largest absolute Gasteiger partial charge is 0.368 e. The van der Waals surface area contributed by atoms with Crippen LogP contribution in [0.1, 0.15) is 43.6 Å². The Bertz CT molecular complexity index is 1050. The molecule has 1 aromatic heterocycles. The first-order valence-electron chi connectivity index (χ1n) is 12.6. The molecule has 0 bridgehead atoms. The highest BCUT2D eigenvalue weighted by Gasteiger charge is 2.21. The van der Waals surface area contributed by atoms with Crippen molar-refractivity contribution in [2.24, 2.45) is 0 Å². The molecule has 5 rings (SSSR count). The second kappa shape index (κ2) is 10.3. The standard InChI is InChI=1S/C28H36N6/c1-32(2)27-21-26(29-24-15-13-23(14-16-24)22-9-5-3-6-10-22)30-28(31-27)34-19-17-33(18-20-34)25-11-7-4-8-12-25/h4,7-8,11-16,21-22H,3,5-6,9-10,17-20H2,1-2H3,(H,29,30,31). The summed E-state index contributed by atoms with van der Waals surface area (Å²) in [6.07, 6.45) is 6.77. The summed E-state index contributed by atoms with van der Waals surface area (Å²) in [4.78, 5) is 16.5. The van der Waals surface area contributed by atoms with E-state index < -0.39 is 0 Å². The van der Waals surface area contributed by atoms with Crippen molar-refractivity contribution in [2.45, 2.75) is 38.0 Å². The van der Waals surface area contributed by atoms with Gasteiger partial charge >= 0.3 is 0 Å². The maximum absolute atomic E-state index is 4.90. The minimum Gasteiger partial charge on any atom is -0.368 e. The molecule has 1 aliphatic heterocycles. The lowest BCUT2D eigenvalue weighted by Crippen LogP contribution is -2.47. The van der Waals surface area contributed by atoms with Gasteiger partial charge in [-0.3, -0.25) is 0 Å². The molecular weight excluding hydrogens is 420 g/mol. The van der Waals surface area contributed by atoms with Crippen LogP contribution in [0.3, 0.4) is 0 Å². The molecule has 0 atom stereocenters. The van der Waals surface area contributed by atoms with E-state index in [4.69, 9.17) is 9.97 Å². The van der Waals surface area contributed by atoms with Crippen LogP contribution in [0.4, 0.5) is 29.0 Å². The monoisotopic (exact) mass is 456 g/mol. The third kappa shape index (κ3) is 5.27. The van der Waals surface area contributed by atoms with Crippen LogP contribution in [0.2, 0.25) is 0 Å². The van der Waals surface area contributed by atoms with Gasteiger partial charge in [0, 0.05) is 57.7 Å². The normalized spacial score (nSPS) is 17.0. The first kappa shape index (κ1) is 22.5. The van der Waals surface area contributed by atoms with Gasteiger partial charge in [-0.15, -0.1) is 0 Å². The van der Waals surface area contributed by atoms with E-state index in [1.165, 1.54) is 43.4 Å². The summed E-state index contributed by atoms with van der Waals surface area (Å²) in [5, 5.41) is 3.53. The lowest BCUT2D eigenvalue weighted by Gasteiger charge is -2.36. The smallest absolute Gasteiger partial charge is 0.229 e. The second-order valence-electron chi connectivity index (χ2n) is 9.70. The average Bonchev–Trinajstić information content (AvgIpc) is 2.90. The molecule has 34 heavy (non-hydrogen) atoms. The van der Waals surface area contributed by atoms with Crippen molar-refractivity contribution in [3.05, 3.63) is 66.2 Å². The topological polar surface area (TPSA) is 47.5 Å². The summed E-state index contributed by atoms with van der Waals surface area (Å²) in [6, 6.07) is 21.6. The van der Waals surface area contributed by atoms with Crippen molar-refractivity contribution in [3.8, 4) is 0 Å². The predicted octanol–water partition coefficient (Wildman–Crippen LogP) is 5.66. The molecule has 178 valence electrons. The molecule has 0 unspecified atom stereocenters. The maximum atomic E-state index is 4.90. The van der Waals surface area contributed by atoms with E-state index in [0.717, 1.165) is 55.4 Å². The molecule has 1 aliphatic carbocycles. The van der Waals surface area contributed by atoms with Crippen molar-refractivity contribution in [3.63, 3.8) is 0 Å². The average molecular weight is 457 g/mol. The molecule has 1 N–H and O–H groups in total. The van der Waals surface area contributed by atoms with Crippen LogP contribution in [-0.4, -0.2) is 50.2 Å². The Labute approximate surface area is 203 Å². The quantitative estimate of drug-likeness (QED) is 0.516. The second-order valence-corrected chi connectivity index (χ2v) is 9.70. The van der Waals surface area contributed by atoms with Gasteiger partial charge < -0.3 is 20.0 Å². The fraction of sp³-hybridized carbons (Fsp3) is 0.429. The highest BCUT2D eigenvalue weighted by molar-refractivity contribution is 5.62. The van der Waals surface area contributed by atoms with Gasteiger partial charge in [-0.05, 0) is 48.6 Å². The van der Waals surface area contributed by atoms with Crippen LogP contribution in [0.5, 0.6) is 0 Å². The number of nitrogens with one attached hydrogen (secondary N) is 1. The molecule has 2 heterocycles. The summed E-state index contributed by atoms with van der Waals surface area (Å²) in [6.45, 7) is 3.73. The fourth-order valence-electron chi connectivity index (χ4n) is 5.08. The minimum atomic E-state index is 0.725. The number of nitrogens with zero attached hydrogens (tertiary/aromatic N) is 5. The lowest BCUT2D eigenvalue weighted by atomic mass is 9.84. The summed E-state index contributed by atoms with van der Waals surface area (Å²) in [5.74, 6) is 3.27. The molecule has 6 heteroatoms. The van der Waals surface area contributed by atoms with Crippen molar-refractivity contribution in [2.75, 3.05) is 60.3 Å². The highest BCUT2D eigenvalue weighted by atomic mass is 15.3. The molecule has 0 spiro atoms. The molecular formula is C28H36N6. The van der Waals surface area contributed by atoms with Gasteiger partial charge in [0.2, 0.25) is 5.95 Å². The van der Waals surface area contributed by atoms with Gasteiger partial charge in [0.25, 0.3) is 0 Å². The van der Waals surface area contributed by atoms with Crippen LogP contribution in [0.25, 0.3) is 0 Å². The number of hydrogen-bond donors (Lipinski definition) is 1. The number of anilines is 5. The minimum absolute atomic E-state index is 0.725. The van der Waals surface area contributed by atoms with E-state index in [1.54, 1.807) is 0 Å². The van der Waals surface area contributed by atoms with Crippen LogP contribution in [-0.2, 0) is 0 Å². The Morgan fingerprint density at radius 3 is 2.15 bits per heavy atom. The molecule has 1 saturated carbocycles. The molecule has 0 amide bonds. The Morgan fingerprint density at radius 1 is 0.794 bits per heavy atom. The van der Waals surface area contributed by atoms with Gasteiger partial charge in [-0.1, -0.05) is 49.6 Å². The van der Waals surface area contributed by atoms with Gasteiger partial charge in [0.15, 0.2) is 0 Å². The third-order valence-corrected chi connectivity index (χ3v) is 7.10. The van der Waals surface area contributed by atoms with Gasteiger partial charge in [-0.2, -0.15) is 9.97 Å². The molecule has 0 radical (unpaired) electrons. The van der Waals surface area contributed by atoms with E-state index in [9.17, 15) is 0 Å². The maximum Gasteiger partial charge on any atom is 0.229 e. The first-order valence-corrected chi connectivity index (χ1v) is 12.6. The Hall–Kier alpha value is -3.28. The summed E-state index contributed by atoms with van der Waals surface area (Å²) < 4.78 is 0. The lowest BCUT2D eigenvalue weighted by molar-refractivity contribution is 0.443. The zero-order valence-corrected chi connectivity index (χ0v) is 20.5. The zero-order chi connectivity index (χ0) is 23.3. The van der Waals surface area contributed by atoms with E-state index in [1.807, 2.05) is 25.1 Å². The highest BCUT2D eigenvalue weighted by Crippen LogP contribution is 2.33. The van der Waals surface area contributed by atoms with Gasteiger partial charge in [-0.25, -0.2) is 0 Å². The molecule has 2 aromatic carbocycles. The third-order valence-electron chi connectivity index (χ3n) is 7.10. The first-order chi connectivity index (χ1) is 16.7. The number of para-hydroxylation sites is 1. The van der Waals surface area contributed by atoms with Crippen LogP contribution in [0, 0.1) is 0 Å². The number of aromatic nitrogens is 2. The Balaban J connectivity index is 1.29.